The maximum atomic E-state index is 4.72. The third-order valence-corrected chi connectivity index (χ3v) is 13.8. The predicted octanol–water partition coefficient (Wildman–Crippen LogP) is 8.59. The molecule has 0 radical (unpaired) electrons. The molecule has 204 valence electrons. The van der Waals surface area contributed by atoms with E-state index < -0.39 is 7.92 Å². The van der Waals surface area contributed by atoms with Gasteiger partial charge < -0.3 is 30.3 Å². The maximum Gasteiger partial charge on any atom is 0.0694 e. The second-order valence-electron chi connectivity index (χ2n) is 10.4. The van der Waals surface area contributed by atoms with Crippen molar-refractivity contribution < 1.29 is 17.1 Å². The number of nitrogens with zero attached hydrogens (tertiary/aromatic N) is 2. The van der Waals surface area contributed by atoms with E-state index in [9.17, 15) is 0 Å². The largest absolute Gasteiger partial charge is 0.748 e. The molecule has 0 aliphatic rings. The summed E-state index contributed by atoms with van der Waals surface area (Å²) in [5.74, 6) is 0. The molecule has 4 aromatic rings. The zero-order valence-corrected chi connectivity index (χ0v) is 26.1. The predicted molar refractivity (Wildman–Crippen MR) is 162 cm³/mol. The van der Waals surface area contributed by atoms with Gasteiger partial charge >= 0.3 is 0 Å². The van der Waals surface area contributed by atoms with E-state index in [1.807, 2.05) is 54.9 Å². The average Bonchev–Trinajstić information content (AvgIpc) is 3.62. The van der Waals surface area contributed by atoms with Crippen molar-refractivity contribution in [2.75, 3.05) is 0 Å². The third kappa shape index (κ3) is 8.97. The van der Waals surface area contributed by atoms with Crippen molar-refractivity contribution in [1.82, 2.24) is 9.97 Å². The van der Waals surface area contributed by atoms with Gasteiger partial charge in [0.15, 0.2) is 0 Å². The zero-order valence-electron chi connectivity index (χ0n) is 23.2. The van der Waals surface area contributed by atoms with Crippen molar-refractivity contribution in [3.05, 3.63) is 108 Å². The Hall–Kier alpha value is -1.62. The molecule has 0 unspecified atom stereocenters. The number of rotatable bonds is 10. The van der Waals surface area contributed by atoms with Gasteiger partial charge in [0.1, 0.15) is 0 Å². The number of hydrogen-bond donors (Lipinski definition) is 0. The van der Waals surface area contributed by atoms with Crippen molar-refractivity contribution in [1.29, 1.82) is 0 Å². The first kappa shape index (κ1) is 31.6. The molecule has 2 aromatic heterocycles. The Bertz CT molecular complexity index is 1050. The first-order chi connectivity index (χ1) is 17.3. The molecule has 0 atom stereocenters. The minimum absolute atomic E-state index is 0. The molecule has 0 aliphatic heterocycles. The Morgan fingerprint density at radius 3 is 1.62 bits per heavy atom. The fourth-order valence-corrected chi connectivity index (χ4v) is 10.5. The Balaban J connectivity index is 0.000000716. The molecule has 0 N–H and O–H groups in total. The monoisotopic (exact) mass is 572 g/mol. The van der Waals surface area contributed by atoms with Crippen LogP contribution in [0.15, 0.2) is 97.3 Å². The Labute approximate surface area is 238 Å². The minimum Gasteiger partial charge on any atom is -0.748 e. The van der Waals surface area contributed by atoms with Crippen LogP contribution in [-0.4, -0.2) is 20.3 Å². The molecule has 37 heavy (non-hydrogen) atoms. The Kier molecular flexibility index (Phi) is 12.9. The van der Waals surface area contributed by atoms with Crippen LogP contribution >= 0.6 is 15.8 Å². The smallest absolute Gasteiger partial charge is 0.0694 e. The molecule has 4 rings (SSSR count). The molecule has 0 fully saturated rings. The molecule has 0 saturated heterocycles. The quantitative estimate of drug-likeness (QED) is 0.108. The van der Waals surface area contributed by atoms with Crippen LogP contribution in [0.25, 0.3) is 0 Å². The van der Waals surface area contributed by atoms with E-state index in [2.05, 4.69) is 84.0 Å². The summed E-state index contributed by atoms with van der Waals surface area (Å²) in [6, 6.07) is 29.5. The van der Waals surface area contributed by atoms with Crippen LogP contribution < -0.4 is 10.9 Å². The summed E-state index contributed by atoms with van der Waals surface area (Å²) in [7, 11) is -0.793. The van der Waals surface area contributed by atoms with Crippen LogP contribution in [0.3, 0.4) is 0 Å². The van der Waals surface area contributed by atoms with Gasteiger partial charge in [-0.3, -0.25) is 9.97 Å². The van der Waals surface area contributed by atoms with Crippen molar-refractivity contribution in [2.24, 2.45) is 0 Å². The van der Waals surface area contributed by atoms with Gasteiger partial charge in [-0.1, -0.05) is 59.8 Å². The van der Waals surface area contributed by atoms with Gasteiger partial charge in [-0.25, -0.2) is 12.1 Å². The van der Waals surface area contributed by atoms with Gasteiger partial charge in [0.2, 0.25) is 0 Å². The standard InChI is InChI=1S/C27H37N2P2.C5H5.Fe/c1-7-26(3,4)31(27(5,6)8-2)21-23-15-13-14-22(23)20-30(24-16-9-11-18-28-24)25-17-10-12-19-29-25;1-2-4-5-3-1;/h9-19H,7-8,20-21H2,1-6H3;1-5H;/q-1;-5;. The summed E-state index contributed by atoms with van der Waals surface area (Å²) < 4.78 is 0. The summed E-state index contributed by atoms with van der Waals surface area (Å²) in [5.41, 5.74) is 5.34. The number of pyridine rings is 2. The van der Waals surface area contributed by atoms with Crippen molar-refractivity contribution in [3.63, 3.8) is 0 Å². The Morgan fingerprint density at radius 1 is 0.730 bits per heavy atom. The first-order valence-electron chi connectivity index (χ1n) is 13.1. The fourth-order valence-electron chi connectivity index (χ4n) is 4.40. The van der Waals surface area contributed by atoms with Gasteiger partial charge in [-0.15, -0.1) is 13.5 Å². The van der Waals surface area contributed by atoms with Gasteiger partial charge in [-0.2, -0.15) is 11.6 Å². The Morgan fingerprint density at radius 2 is 1.22 bits per heavy atom. The summed E-state index contributed by atoms with van der Waals surface area (Å²) in [5, 5.41) is 0.742. The number of aromatic nitrogens is 2. The van der Waals surface area contributed by atoms with Crippen LogP contribution in [0.2, 0.25) is 0 Å². The summed E-state index contributed by atoms with van der Waals surface area (Å²) >= 11 is 0. The molecule has 0 spiro atoms. The topological polar surface area (TPSA) is 25.8 Å². The molecular weight excluding hydrogens is 530 g/mol. The molecule has 0 saturated carbocycles. The van der Waals surface area contributed by atoms with Crippen molar-refractivity contribution in [3.8, 4) is 0 Å². The molecule has 0 aliphatic carbocycles. The molecule has 5 heteroatoms. The van der Waals surface area contributed by atoms with Gasteiger partial charge in [0.05, 0.1) is 10.9 Å². The van der Waals surface area contributed by atoms with Gasteiger partial charge in [-0.05, 0) is 61.5 Å². The van der Waals surface area contributed by atoms with E-state index in [0.29, 0.717) is 10.3 Å². The molecular formula is C32H42FeN2P2-6. The summed E-state index contributed by atoms with van der Waals surface area (Å²) in [6.07, 6.45) is 8.49. The normalized spacial score (nSPS) is 11.7. The van der Waals surface area contributed by atoms with E-state index in [-0.39, 0.29) is 25.0 Å². The van der Waals surface area contributed by atoms with E-state index >= 15 is 0 Å². The van der Waals surface area contributed by atoms with Gasteiger partial charge in [0.25, 0.3) is 0 Å². The molecule has 0 amide bonds. The van der Waals surface area contributed by atoms with Gasteiger partial charge in [0, 0.05) is 29.5 Å². The molecule has 0 bridgehead atoms. The van der Waals surface area contributed by atoms with Crippen LogP contribution in [0.4, 0.5) is 0 Å². The van der Waals surface area contributed by atoms with E-state index in [4.69, 9.17) is 9.97 Å². The zero-order chi connectivity index (χ0) is 26.0. The molecule has 2 heterocycles. The van der Waals surface area contributed by atoms with E-state index in [1.165, 1.54) is 30.1 Å². The molecule has 2 nitrogen and oxygen atoms in total. The fraction of sp³-hybridized carbons (Fsp3) is 0.375. The van der Waals surface area contributed by atoms with Crippen LogP contribution in [0.1, 0.15) is 65.5 Å². The SMILES string of the molecule is CCC(C)(C)P(C[c-]1cccc1CP(c1ccccn1)c1ccccn1)C(C)(C)CC.[Fe].[cH-]1[cH-][cH-][cH-][cH-]1. The van der Waals surface area contributed by atoms with Crippen LogP contribution in [0, 0.1) is 0 Å². The van der Waals surface area contributed by atoms with E-state index in [0.717, 1.165) is 17.0 Å². The van der Waals surface area contributed by atoms with Crippen LogP contribution in [-0.2, 0) is 29.4 Å². The summed E-state index contributed by atoms with van der Waals surface area (Å²) in [4.78, 5) is 9.45. The second-order valence-corrected chi connectivity index (χ2v) is 16.1. The minimum atomic E-state index is -0.621. The first-order valence-corrected chi connectivity index (χ1v) is 16.1. The van der Waals surface area contributed by atoms with Crippen LogP contribution in [0.5, 0.6) is 0 Å². The molecule has 2 aromatic carbocycles. The number of hydrogen-bond acceptors (Lipinski definition) is 2. The van der Waals surface area contributed by atoms with Crippen molar-refractivity contribution in [2.45, 2.75) is 77.0 Å². The summed E-state index contributed by atoms with van der Waals surface area (Å²) in [6.45, 7) is 14.6. The van der Waals surface area contributed by atoms with E-state index in [1.54, 1.807) is 0 Å². The van der Waals surface area contributed by atoms with Crippen molar-refractivity contribution >= 4 is 26.7 Å². The average molecular weight is 572 g/mol. The third-order valence-electron chi connectivity index (χ3n) is 7.26. The maximum absolute atomic E-state index is 4.72. The second kappa shape index (κ2) is 15.1.